The Bertz CT molecular complexity index is 368. The quantitative estimate of drug-likeness (QED) is 0.801. The van der Waals surface area contributed by atoms with Gasteiger partial charge in [-0.2, -0.15) is 4.37 Å². The summed E-state index contributed by atoms with van der Waals surface area (Å²) in [5.74, 6) is 1.56. The molecule has 2 heterocycles. The predicted molar refractivity (Wildman–Crippen MR) is 50.4 cm³/mol. The summed E-state index contributed by atoms with van der Waals surface area (Å²) in [6, 6.07) is 3.70. The second-order valence-corrected chi connectivity index (χ2v) is 3.28. The van der Waals surface area contributed by atoms with Crippen LogP contribution in [0.1, 0.15) is 5.82 Å². The minimum atomic E-state index is 0.578. The fraction of sp³-hybridized carbons (Fsp3) is 0.250. The van der Waals surface area contributed by atoms with E-state index < -0.39 is 0 Å². The van der Waals surface area contributed by atoms with Crippen molar-refractivity contribution >= 4 is 11.5 Å². The minimum Gasteiger partial charge on any atom is -0.462 e. The lowest BCUT2D eigenvalue weighted by molar-refractivity contribution is 0.581. The first-order chi connectivity index (χ1) is 6.40. The van der Waals surface area contributed by atoms with Crippen LogP contribution in [0.15, 0.2) is 22.8 Å². The lowest BCUT2D eigenvalue weighted by Gasteiger charge is -1.86. The molecular formula is C8H9N3OS. The van der Waals surface area contributed by atoms with E-state index in [0.29, 0.717) is 6.54 Å². The van der Waals surface area contributed by atoms with Gasteiger partial charge in [0.1, 0.15) is 5.82 Å². The second kappa shape index (κ2) is 3.68. The molecule has 0 fully saturated rings. The Morgan fingerprint density at radius 2 is 2.46 bits per heavy atom. The highest BCUT2D eigenvalue weighted by Gasteiger charge is 2.07. The van der Waals surface area contributed by atoms with E-state index in [-0.39, 0.29) is 0 Å². The van der Waals surface area contributed by atoms with Gasteiger partial charge in [-0.05, 0) is 30.2 Å². The van der Waals surface area contributed by atoms with Crippen LogP contribution in [0.2, 0.25) is 0 Å². The van der Waals surface area contributed by atoms with Crippen LogP contribution in [0.5, 0.6) is 0 Å². The summed E-state index contributed by atoms with van der Waals surface area (Å²) >= 11 is 1.34. The molecule has 0 aromatic carbocycles. The first-order valence-electron chi connectivity index (χ1n) is 3.96. The summed E-state index contributed by atoms with van der Waals surface area (Å²) in [6.45, 7) is 0.578. The normalized spacial score (nSPS) is 10.5. The third kappa shape index (κ3) is 1.76. The number of aromatic nitrogens is 2. The first-order valence-corrected chi connectivity index (χ1v) is 4.74. The second-order valence-electron chi connectivity index (χ2n) is 2.53. The zero-order valence-electron chi connectivity index (χ0n) is 6.93. The third-order valence-corrected chi connectivity index (χ3v) is 2.34. The topological polar surface area (TPSA) is 64.9 Å². The molecule has 0 amide bonds. The molecule has 0 spiro atoms. The van der Waals surface area contributed by atoms with Gasteiger partial charge in [-0.15, -0.1) is 0 Å². The van der Waals surface area contributed by atoms with Crippen LogP contribution < -0.4 is 5.73 Å². The van der Waals surface area contributed by atoms with Gasteiger partial charge in [-0.1, -0.05) is 0 Å². The molecule has 68 valence electrons. The average Bonchev–Trinajstić information content (AvgIpc) is 2.70. The van der Waals surface area contributed by atoms with E-state index in [1.807, 2.05) is 12.1 Å². The maximum Gasteiger partial charge on any atom is 0.179 e. The van der Waals surface area contributed by atoms with Crippen molar-refractivity contribution in [3.05, 3.63) is 24.2 Å². The highest BCUT2D eigenvalue weighted by Crippen LogP contribution is 2.21. The van der Waals surface area contributed by atoms with E-state index in [1.165, 1.54) is 11.5 Å². The number of furan rings is 1. The number of hydrogen-bond acceptors (Lipinski definition) is 5. The predicted octanol–water partition coefficient (Wildman–Crippen LogP) is 1.30. The Morgan fingerprint density at radius 3 is 3.15 bits per heavy atom. The Balaban J connectivity index is 2.23. The van der Waals surface area contributed by atoms with Gasteiger partial charge in [0.25, 0.3) is 0 Å². The van der Waals surface area contributed by atoms with Crippen LogP contribution in [0, 0.1) is 0 Å². The molecule has 0 aliphatic heterocycles. The summed E-state index contributed by atoms with van der Waals surface area (Å²) in [6.07, 6.45) is 2.34. The molecule has 0 bridgehead atoms. The Kier molecular flexibility index (Phi) is 2.37. The highest BCUT2D eigenvalue weighted by atomic mass is 32.1. The van der Waals surface area contributed by atoms with Gasteiger partial charge in [0, 0.05) is 6.42 Å². The summed E-state index contributed by atoms with van der Waals surface area (Å²) in [7, 11) is 0. The summed E-state index contributed by atoms with van der Waals surface area (Å²) in [5.41, 5.74) is 5.39. The minimum absolute atomic E-state index is 0.578. The SMILES string of the molecule is NCCc1nsc(-c2ccco2)n1. The van der Waals surface area contributed by atoms with Crippen LogP contribution >= 0.6 is 11.5 Å². The number of nitrogens with two attached hydrogens (primary N) is 1. The van der Waals surface area contributed by atoms with Crippen molar-refractivity contribution in [1.82, 2.24) is 9.36 Å². The molecule has 2 aromatic rings. The molecule has 0 saturated carbocycles. The van der Waals surface area contributed by atoms with Crippen LogP contribution in [0.3, 0.4) is 0 Å². The molecule has 4 nitrogen and oxygen atoms in total. The number of hydrogen-bond donors (Lipinski definition) is 1. The van der Waals surface area contributed by atoms with Crippen LogP contribution in [-0.4, -0.2) is 15.9 Å². The zero-order valence-corrected chi connectivity index (χ0v) is 7.75. The van der Waals surface area contributed by atoms with Gasteiger partial charge in [0.15, 0.2) is 10.8 Å². The van der Waals surface area contributed by atoms with Crippen molar-refractivity contribution < 1.29 is 4.42 Å². The van der Waals surface area contributed by atoms with E-state index in [9.17, 15) is 0 Å². The van der Waals surface area contributed by atoms with Crippen molar-refractivity contribution in [2.24, 2.45) is 5.73 Å². The molecule has 0 aliphatic rings. The molecule has 0 atom stereocenters. The molecule has 2 N–H and O–H groups in total. The molecule has 0 unspecified atom stereocenters. The fourth-order valence-electron chi connectivity index (χ4n) is 0.985. The monoisotopic (exact) mass is 195 g/mol. The average molecular weight is 195 g/mol. The summed E-state index contributed by atoms with van der Waals surface area (Å²) in [5, 5.41) is 0.813. The van der Waals surface area contributed by atoms with Gasteiger partial charge < -0.3 is 10.2 Å². The van der Waals surface area contributed by atoms with E-state index in [4.69, 9.17) is 10.2 Å². The molecule has 2 rings (SSSR count). The summed E-state index contributed by atoms with van der Waals surface area (Å²) in [4.78, 5) is 4.28. The first kappa shape index (κ1) is 8.40. The van der Waals surface area contributed by atoms with Crippen molar-refractivity contribution in [2.75, 3.05) is 6.54 Å². The maximum absolute atomic E-state index is 5.39. The van der Waals surface area contributed by atoms with Crippen molar-refractivity contribution in [1.29, 1.82) is 0 Å². The van der Waals surface area contributed by atoms with Gasteiger partial charge in [0.2, 0.25) is 0 Å². The summed E-state index contributed by atoms with van der Waals surface area (Å²) < 4.78 is 9.34. The van der Waals surface area contributed by atoms with Gasteiger partial charge in [-0.3, -0.25) is 0 Å². The molecule has 0 saturated heterocycles. The Labute approximate surface area is 79.6 Å². The highest BCUT2D eigenvalue weighted by molar-refractivity contribution is 7.09. The standard InChI is InChI=1S/C8H9N3OS/c9-4-3-7-10-8(13-11-7)6-2-1-5-12-6/h1-2,5H,3-4,9H2. The van der Waals surface area contributed by atoms with Crippen molar-refractivity contribution in [2.45, 2.75) is 6.42 Å². The largest absolute Gasteiger partial charge is 0.462 e. The molecule has 13 heavy (non-hydrogen) atoms. The van der Waals surface area contributed by atoms with E-state index in [0.717, 1.165) is 23.0 Å². The molecular weight excluding hydrogens is 186 g/mol. The molecule has 2 aromatic heterocycles. The van der Waals surface area contributed by atoms with Crippen molar-refractivity contribution in [3.63, 3.8) is 0 Å². The Morgan fingerprint density at radius 1 is 1.54 bits per heavy atom. The van der Waals surface area contributed by atoms with E-state index in [2.05, 4.69) is 9.36 Å². The van der Waals surface area contributed by atoms with Gasteiger partial charge >= 0.3 is 0 Å². The number of nitrogens with zero attached hydrogens (tertiary/aromatic N) is 2. The van der Waals surface area contributed by atoms with E-state index >= 15 is 0 Å². The molecule has 5 heteroatoms. The van der Waals surface area contributed by atoms with Gasteiger partial charge in [0.05, 0.1) is 6.26 Å². The zero-order chi connectivity index (χ0) is 9.10. The Hall–Kier alpha value is -1.20. The van der Waals surface area contributed by atoms with Crippen LogP contribution in [-0.2, 0) is 6.42 Å². The van der Waals surface area contributed by atoms with Crippen LogP contribution in [0.4, 0.5) is 0 Å². The maximum atomic E-state index is 5.39. The smallest absolute Gasteiger partial charge is 0.179 e. The van der Waals surface area contributed by atoms with Crippen molar-refractivity contribution in [3.8, 4) is 10.8 Å². The van der Waals surface area contributed by atoms with Crippen LogP contribution in [0.25, 0.3) is 10.8 Å². The lowest BCUT2D eigenvalue weighted by Crippen LogP contribution is -2.03. The molecule has 0 radical (unpaired) electrons. The lowest BCUT2D eigenvalue weighted by atomic mass is 10.4. The fourth-order valence-corrected chi connectivity index (χ4v) is 1.66. The molecule has 0 aliphatic carbocycles. The van der Waals surface area contributed by atoms with E-state index in [1.54, 1.807) is 6.26 Å². The van der Waals surface area contributed by atoms with Gasteiger partial charge in [-0.25, -0.2) is 4.98 Å². The number of rotatable bonds is 3. The third-order valence-electron chi connectivity index (χ3n) is 1.57.